The molecule has 0 aliphatic carbocycles. The first-order valence-electron chi connectivity index (χ1n) is 8.63. The molecule has 132 valence electrons. The maximum Gasteiger partial charge on any atom is 0.253 e. The predicted molar refractivity (Wildman–Crippen MR) is 95.6 cm³/mol. The maximum atomic E-state index is 12.8. The molecule has 1 fully saturated rings. The van der Waals surface area contributed by atoms with Gasteiger partial charge in [0.1, 0.15) is 25.0 Å². The topological polar surface area (TPSA) is 60.2 Å². The van der Waals surface area contributed by atoms with Gasteiger partial charge in [-0.1, -0.05) is 11.6 Å². The number of rotatable bonds is 5. The van der Waals surface area contributed by atoms with Crippen LogP contribution in [0.15, 0.2) is 48.6 Å². The first-order valence-corrected chi connectivity index (χ1v) is 8.63. The molecule has 1 amide bonds. The van der Waals surface area contributed by atoms with Gasteiger partial charge < -0.3 is 9.64 Å². The molecule has 1 saturated heterocycles. The molecule has 0 bridgehead atoms. The first kappa shape index (κ1) is 17.2. The van der Waals surface area contributed by atoms with Crippen LogP contribution in [-0.4, -0.2) is 45.3 Å². The molecular formula is C19H24N4O2. The maximum absolute atomic E-state index is 12.8. The van der Waals surface area contributed by atoms with Crippen LogP contribution in [-0.2, 0) is 0 Å². The number of piperidine rings is 1. The van der Waals surface area contributed by atoms with Crippen LogP contribution >= 0.6 is 0 Å². The summed E-state index contributed by atoms with van der Waals surface area (Å²) in [4.78, 5) is 18.7. The molecule has 6 nitrogen and oxygen atoms in total. The highest BCUT2D eigenvalue weighted by atomic mass is 16.5. The molecule has 1 aromatic heterocycles. The van der Waals surface area contributed by atoms with Gasteiger partial charge in [-0.2, -0.15) is 5.10 Å². The van der Waals surface area contributed by atoms with Crippen molar-refractivity contribution in [3.63, 3.8) is 0 Å². The Morgan fingerprint density at radius 3 is 2.80 bits per heavy atom. The third-order valence-electron chi connectivity index (χ3n) is 4.38. The molecule has 2 heterocycles. The second kappa shape index (κ2) is 7.96. The van der Waals surface area contributed by atoms with Gasteiger partial charge >= 0.3 is 0 Å². The molecular weight excluding hydrogens is 316 g/mol. The van der Waals surface area contributed by atoms with Crippen molar-refractivity contribution in [2.45, 2.75) is 32.7 Å². The second-order valence-corrected chi connectivity index (χ2v) is 6.52. The average Bonchev–Trinajstić information content (AvgIpc) is 3.16. The number of hydrogen-bond donors (Lipinski definition) is 0. The van der Waals surface area contributed by atoms with Crippen LogP contribution < -0.4 is 4.74 Å². The summed E-state index contributed by atoms with van der Waals surface area (Å²) >= 11 is 0. The van der Waals surface area contributed by atoms with Crippen LogP contribution in [0.25, 0.3) is 0 Å². The molecule has 2 aromatic rings. The Balaban J connectivity index is 1.59. The van der Waals surface area contributed by atoms with Gasteiger partial charge in [0.15, 0.2) is 0 Å². The highest BCUT2D eigenvalue weighted by Gasteiger charge is 2.25. The summed E-state index contributed by atoms with van der Waals surface area (Å²) in [6.45, 7) is 6.04. The largest absolute Gasteiger partial charge is 0.490 e. The van der Waals surface area contributed by atoms with Gasteiger partial charge in [-0.05, 0) is 51.0 Å². The lowest BCUT2D eigenvalue weighted by molar-refractivity contribution is 0.0689. The minimum atomic E-state index is 0.0599. The van der Waals surface area contributed by atoms with Crippen molar-refractivity contribution in [2.24, 2.45) is 0 Å². The SMILES string of the molecule is CC(C)=CCOc1cccc(C(=O)N2CCC(n3cncn3)CC2)c1. The molecule has 1 aromatic carbocycles. The van der Waals surface area contributed by atoms with E-state index in [0.29, 0.717) is 18.2 Å². The quantitative estimate of drug-likeness (QED) is 0.785. The number of aromatic nitrogens is 3. The number of carbonyl (C=O) groups excluding carboxylic acids is 1. The van der Waals surface area contributed by atoms with E-state index in [4.69, 9.17) is 4.74 Å². The van der Waals surface area contributed by atoms with E-state index in [1.165, 1.54) is 5.57 Å². The number of ether oxygens (including phenoxy) is 1. The Kier molecular flexibility index (Phi) is 5.48. The van der Waals surface area contributed by atoms with Crippen LogP contribution in [0.1, 0.15) is 43.1 Å². The highest BCUT2D eigenvalue weighted by Crippen LogP contribution is 2.23. The minimum absolute atomic E-state index is 0.0599. The van der Waals surface area contributed by atoms with Gasteiger partial charge in [-0.15, -0.1) is 0 Å². The molecule has 0 atom stereocenters. The molecule has 25 heavy (non-hydrogen) atoms. The summed E-state index contributed by atoms with van der Waals surface area (Å²) in [6, 6.07) is 7.75. The third-order valence-corrected chi connectivity index (χ3v) is 4.38. The third kappa shape index (κ3) is 4.47. The lowest BCUT2D eigenvalue weighted by Gasteiger charge is -2.32. The van der Waals surface area contributed by atoms with Gasteiger partial charge in [0.05, 0.1) is 6.04 Å². The fourth-order valence-electron chi connectivity index (χ4n) is 2.95. The van der Waals surface area contributed by atoms with E-state index in [-0.39, 0.29) is 5.91 Å². The summed E-state index contributed by atoms with van der Waals surface area (Å²) in [6.07, 6.45) is 7.11. The smallest absolute Gasteiger partial charge is 0.253 e. The monoisotopic (exact) mass is 340 g/mol. The molecule has 1 aliphatic heterocycles. The van der Waals surface area contributed by atoms with Crippen LogP contribution in [0.3, 0.4) is 0 Å². The van der Waals surface area contributed by atoms with E-state index < -0.39 is 0 Å². The van der Waals surface area contributed by atoms with Crippen LogP contribution in [0.4, 0.5) is 0 Å². The van der Waals surface area contributed by atoms with E-state index in [9.17, 15) is 4.79 Å². The second-order valence-electron chi connectivity index (χ2n) is 6.52. The van der Waals surface area contributed by atoms with Crippen molar-refractivity contribution in [1.29, 1.82) is 0 Å². The fourth-order valence-corrected chi connectivity index (χ4v) is 2.95. The van der Waals surface area contributed by atoms with E-state index in [2.05, 4.69) is 10.1 Å². The Morgan fingerprint density at radius 1 is 1.32 bits per heavy atom. The van der Waals surface area contributed by atoms with Crippen molar-refractivity contribution < 1.29 is 9.53 Å². The number of hydrogen-bond acceptors (Lipinski definition) is 4. The Bertz CT molecular complexity index is 728. The fraction of sp³-hybridized carbons (Fsp3) is 0.421. The number of allylic oxidation sites excluding steroid dienone is 1. The molecule has 0 radical (unpaired) electrons. The molecule has 3 rings (SSSR count). The highest BCUT2D eigenvalue weighted by molar-refractivity contribution is 5.94. The normalized spacial score (nSPS) is 15.0. The number of likely N-dealkylation sites (tertiary alicyclic amines) is 1. The van der Waals surface area contributed by atoms with Gasteiger partial charge in [0, 0.05) is 18.7 Å². The zero-order valence-corrected chi connectivity index (χ0v) is 14.8. The standard InChI is InChI=1S/C19H24N4O2/c1-15(2)8-11-25-18-5-3-4-16(12-18)19(24)22-9-6-17(7-10-22)23-14-20-13-21-23/h3-5,8,12-14,17H,6-7,9-11H2,1-2H3. The molecule has 0 spiro atoms. The van der Waals surface area contributed by atoms with Crippen LogP contribution in [0.5, 0.6) is 5.75 Å². The van der Waals surface area contributed by atoms with Gasteiger partial charge in [-0.25, -0.2) is 9.67 Å². The Hall–Kier alpha value is -2.63. The van der Waals surface area contributed by atoms with E-state index in [1.807, 2.05) is 53.8 Å². The predicted octanol–water partition coefficient (Wildman–Crippen LogP) is 3.10. The van der Waals surface area contributed by atoms with Crippen molar-refractivity contribution in [3.05, 3.63) is 54.1 Å². The minimum Gasteiger partial charge on any atom is -0.490 e. The molecule has 0 saturated carbocycles. The van der Waals surface area contributed by atoms with Crippen LogP contribution in [0, 0.1) is 0 Å². The van der Waals surface area contributed by atoms with Crippen molar-refractivity contribution >= 4 is 5.91 Å². The summed E-state index contributed by atoms with van der Waals surface area (Å²) in [7, 11) is 0. The summed E-state index contributed by atoms with van der Waals surface area (Å²) in [5, 5.41) is 4.20. The Labute approximate surface area is 148 Å². The van der Waals surface area contributed by atoms with Crippen molar-refractivity contribution in [2.75, 3.05) is 19.7 Å². The zero-order chi connectivity index (χ0) is 17.6. The lowest BCUT2D eigenvalue weighted by atomic mass is 10.0. The number of nitrogens with zero attached hydrogens (tertiary/aromatic N) is 4. The molecule has 6 heteroatoms. The summed E-state index contributed by atoms with van der Waals surface area (Å²) < 4.78 is 7.58. The molecule has 1 aliphatic rings. The van der Waals surface area contributed by atoms with Crippen molar-refractivity contribution in [1.82, 2.24) is 19.7 Å². The number of benzene rings is 1. The van der Waals surface area contributed by atoms with E-state index in [0.717, 1.165) is 31.7 Å². The van der Waals surface area contributed by atoms with E-state index >= 15 is 0 Å². The summed E-state index contributed by atoms with van der Waals surface area (Å²) in [5.74, 6) is 0.783. The average molecular weight is 340 g/mol. The lowest BCUT2D eigenvalue weighted by Crippen LogP contribution is -2.39. The molecule has 0 unspecified atom stereocenters. The van der Waals surface area contributed by atoms with E-state index in [1.54, 1.807) is 12.7 Å². The van der Waals surface area contributed by atoms with Gasteiger partial charge in [-0.3, -0.25) is 4.79 Å². The van der Waals surface area contributed by atoms with Crippen molar-refractivity contribution in [3.8, 4) is 5.75 Å². The molecule has 0 N–H and O–H groups in total. The van der Waals surface area contributed by atoms with Gasteiger partial charge in [0.2, 0.25) is 0 Å². The van der Waals surface area contributed by atoms with Gasteiger partial charge in [0.25, 0.3) is 5.91 Å². The first-order chi connectivity index (χ1) is 12.1. The number of carbonyl (C=O) groups is 1. The van der Waals surface area contributed by atoms with Crippen LogP contribution in [0.2, 0.25) is 0 Å². The number of amides is 1. The summed E-state index contributed by atoms with van der Waals surface area (Å²) in [5.41, 5.74) is 1.89. The Morgan fingerprint density at radius 2 is 2.12 bits per heavy atom. The zero-order valence-electron chi connectivity index (χ0n) is 14.8.